The van der Waals surface area contributed by atoms with Crippen LogP contribution in [0.5, 0.6) is 0 Å². The number of hydrogen-bond donors (Lipinski definition) is 0. The van der Waals surface area contributed by atoms with Gasteiger partial charge in [-0.25, -0.2) is 0 Å². The summed E-state index contributed by atoms with van der Waals surface area (Å²) in [6.07, 6.45) is 4.87. The van der Waals surface area contributed by atoms with Crippen LogP contribution in [0.25, 0.3) is 22.3 Å². The van der Waals surface area contributed by atoms with Gasteiger partial charge >= 0.3 is 0 Å². The van der Waals surface area contributed by atoms with E-state index >= 15 is 0 Å². The van der Waals surface area contributed by atoms with Crippen molar-refractivity contribution in [2.24, 2.45) is 17.8 Å². The molecule has 0 saturated heterocycles. The number of fused-ring (bicyclic) bond motifs is 1. The van der Waals surface area contributed by atoms with Crippen molar-refractivity contribution >= 4 is 17.3 Å². The highest BCUT2D eigenvalue weighted by molar-refractivity contribution is 6.04. The van der Waals surface area contributed by atoms with Crippen molar-refractivity contribution in [1.29, 1.82) is 0 Å². The number of Topliss-reactive ketones (excluding diaryl/α,β-unsaturated/α-hetero) is 3. The van der Waals surface area contributed by atoms with Gasteiger partial charge in [0.2, 0.25) is 0 Å². The van der Waals surface area contributed by atoms with Crippen LogP contribution >= 0.6 is 0 Å². The molecule has 0 fully saturated rings. The number of carbonyl (C=O) groups excluding carboxylic acids is 3. The fourth-order valence-corrected chi connectivity index (χ4v) is 6.59. The molecule has 0 heterocycles. The van der Waals surface area contributed by atoms with Crippen LogP contribution in [-0.2, 0) is 16.0 Å². The smallest absolute Gasteiger partial charge is 0.163 e. The van der Waals surface area contributed by atoms with E-state index in [2.05, 4.69) is 63.2 Å². The highest BCUT2D eigenvalue weighted by Crippen LogP contribution is 2.43. The molecule has 0 aliphatic heterocycles. The fourth-order valence-electron chi connectivity index (χ4n) is 6.59. The van der Waals surface area contributed by atoms with Crippen LogP contribution in [0.1, 0.15) is 80.8 Å². The highest BCUT2D eigenvalue weighted by Gasteiger charge is 2.34. The van der Waals surface area contributed by atoms with Gasteiger partial charge < -0.3 is 0 Å². The number of benzene rings is 3. The third-order valence-electron chi connectivity index (χ3n) is 8.25. The zero-order valence-electron chi connectivity index (χ0n) is 23.3. The van der Waals surface area contributed by atoms with Crippen molar-refractivity contribution in [3.05, 3.63) is 83.4 Å². The first-order valence-electron chi connectivity index (χ1n) is 14.2. The van der Waals surface area contributed by atoms with Gasteiger partial charge in [0.1, 0.15) is 11.6 Å². The summed E-state index contributed by atoms with van der Waals surface area (Å²) in [4.78, 5) is 38.5. The van der Waals surface area contributed by atoms with E-state index in [1.54, 1.807) is 0 Å². The second-order valence-electron chi connectivity index (χ2n) is 11.0. The molecule has 0 N–H and O–H groups in total. The molecule has 0 radical (unpaired) electrons. The Morgan fingerprint density at radius 3 is 2.05 bits per heavy atom. The van der Waals surface area contributed by atoms with Gasteiger partial charge in [-0.2, -0.15) is 0 Å². The summed E-state index contributed by atoms with van der Waals surface area (Å²) >= 11 is 0. The molecule has 3 aromatic rings. The third-order valence-corrected chi connectivity index (χ3v) is 8.25. The molecule has 3 atom stereocenters. The zero-order chi connectivity index (χ0) is 27.2. The fraction of sp³-hybridized carbons (Fsp3) is 0.400. The summed E-state index contributed by atoms with van der Waals surface area (Å²) in [6, 6.07) is 23.0. The quantitative estimate of drug-likeness (QED) is 0.244. The maximum absolute atomic E-state index is 13.8. The monoisotopic (exact) mass is 508 g/mol. The van der Waals surface area contributed by atoms with Gasteiger partial charge in [-0.15, -0.1) is 0 Å². The molecule has 0 saturated carbocycles. The standard InChI is InChI=1S/C35H40O3/c1-5-13-28(29(6-2)33(37)18-23(3)36)19-25-20-32-31(27-16-11-8-12-17-27)22-30(26-14-9-7-10-15-26)24(4)35(32)34(38)21-25/h7-12,14-17,22,25,28-29H,5-6,13,18-21H2,1-4H3. The summed E-state index contributed by atoms with van der Waals surface area (Å²) in [5.74, 6) is 0.474. The minimum Gasteiger partial charge on any atom is -0.300 e. The summed E-state index contributed by atoms with van der Waals surface area (Å²) in [6.45, 7) is 7.78. The molecule has 3 unspecified atom stereocenters. The van der Waals surface area contributed by atoms with Crippen molar-refractivity contribution in [3.63, 3.8) is 0 Å². The Kier molecular flexibility index (Phi) is 9.09. The van der Waals surface area contributed by atoms with E-state index in [1.165, 1.54) is 6.92 Å². The predicted octanol–water partition coefficient (Wildman–Crippen LogP) is 8.45. The maximum atomic E-state index is 13.8. The molecule has 3 heteroatoms. The molecule has 1 aliphatic rings. The maximum Gasteiger partial charge on any atom is 0.163 e. The first-order valence-corrected chi connectivity index (χ1v) is 14.2. The Hall–Kier alpha value is -3.33. The molecule has 0 aromatic heterocycles. The lowest BCUT2D eigenvalue weighted by Gasteiger charge is -2.33. The lowest BCUT2D eigenvalue weighted by molar-refractivity contribution is -0.129. The molecule has 198 valence electrons. The molecule has 4 rings (SSSR count). The van der Waals surface area contributed by atoms with Crippen molar-refractivity contribution in [1.82, 2.24) is 0 Å². The Morgan fingerprint density at radius 2 is 1.50 bits per heavy atom. The first-order chi connectivity index (χ1) is 18.3. The van der Waals surface area contributed by atoms with Gasteiger partial charge in [0, 0.05) is 17.9 Å². The largest absolute Gasteiger partial charge is 0.300 e. The van der Waals surface area contributed by atoms with Crippen molar-refractivity contribution in [2.45, 2.75) is 72.6 Å². The van der Waals surface area contributed by atoms with E-state index in [4.69, 9.17) is 0 Å². The number of ketones is 3. The lowest BCUT2D eigenvalue weighted by atomic mass is 9.70. The predicted molar refractivity (Wildman–Crippen MR) is 155 cm³/mol. The molecule has 0 spiro atoms. The van der Waals surface area contributed by atoms with Gasteiger partial charge in [-0.1, -0.05) is 87.4 Å². The molecular weight excluding hydrogens is 468 g/mol. The SMILES string of the molecule is CCCC(CC1CC(=O)c2c(C)c(-c3ccccc3)cc(-c3ccccc3)c2C1)C(CC)C(=O)CC(C)=O. The number of hydrogen-bond acceptors (Lipinski definition) is 3. The van der Waals surface area contributed by atoms with E-state index in [0.717, 1.165) is 71.0 Å². The number of rotatable bonds is 11. The van der Waals surface area contributed by atoms with Gasteiger partial charge in [0.05, 0.1) is 6.42 Å². The lowest BCUT2D eigenvalue weighted by Crippen LogP contribution is -2.30. The summed E-state index contributed by atoms with van der Waals surface area (Å²) in [7, 11) is 0. The minimum absolute atomic E-state index is 0.0186. The van der Waals surface area contributed by atoms with E-state index in [0.29, 0.717) is 6.42 Å². The third kappa shape index (κ3) is 6.04. The average Bonchev–Trinajstić information content (AvgIpc) is 2.90. The van der Waals surface area contributed by atoms with Gasteiger partial charge in [-0.05, 0) is 84.4 Å². The second kappa shape index (κ2) is 12.5. The van der Waals surface area contributed by atoms with Crippen LogP contribution in [-0.4, -0.2) is 17.3 Å². The van der Waals surface area contributed by atoms with E-state index in [-0.39, 0.29) is 41.5 Å². The van der Waals surface area contributed by atoms with Crippen LogP contribution < -0.4 is 0 Å². The summed E-state index contributed by atoms with van der Waals surface area (Å²) < 4.78 is 0. The first kappa shape index (κ1) is 27.7. The molecular formula is C35H40O3. The van der Waals surface area contributed by atoms with Crippen molar-refractivity contribution in [2.75, 3.05) is 0 Å². The Labute approximate surface area is 227 Å². The Morgan fingerprint density at radius 1 is 0.895 bits per heavy atom. The highest BCUT2D eigenvalue weighted by atomic mass is 16.1. The topological polar surface area (TPSA) is 51.2 Å². The van der Waals surface area contributed by atoms with Gasteiger partial charge in [0.15, 0.2) is 5.78 Å². The molecule has 3 nitrogen and oxygen atoms in total. The van der Waals surface area contributed by atoms with Crippen molar-refractivity contribution < 1.29 is 14.4 Å². The van der Waals surface area contributed by atoms with Crippen molar-refractivity contribution in [3.8, 4) is 22.3 Å². The molecule has 1 aliphatic carbocycles. The Bertz CT molecular complexity index is 1290. The van der Waals surface area contributed by atoms with E-state index in [1.807, 2.05) is 24.3 Å². The Balaban J connectivity index is 1.74. The van der Waals surface area contributed by atoms with E-state index in [9.17, 15) is 14.4 Å². The van der Waals surface area contributed by atoms with Gasteiger partial charge in [0.25, 0.3) is 0 Å². The molecule has 0 amide bonds. The van der Waals surface area contributed by atoms with Gasteiger partial charge in [-0.3, -0.25) is 14.4 Å². The zero-order valence-corrected chi connectivity index (χ0v) is 23.3. The van der Waals surface area contributed by atoms with Crippen LogP contribution in [0.3, 0.4) is 0 Å². The minimum atomic E-state index is -0.119. The molecule has 38 heavy (non-hydrogen) atoms. The van der Waals surface area contributed by atoms with Crippen LogP contribution in [0.2, 0.25) is 0 Å². The van der Waals surface area contributed by atoms with Crippen LogP contribution in [0, 0.1) is 24.7 Å². The summed E-state index contributed by atoms with van der Waals surface area (Å²) in [5.41, 5.74) is 7.58. The average molecular weight is 509 g/mol. The number of carbonyl (C=O) groups is 3. The van der Waals surface area contributed by atoms with E-state index < -0.39 is 0 Å². The molecule has 0 bridgehead atoms. The second-order valence-corrected chi connectivity index (χ2v) is 11.0. The normalized spacial score (nSPS) is 16.5. The van der Waals surface area contributed by atoms with Crippen LogP contribution in [0.4, 0.5) is 0 Å². The summed E-state index contributed by atoms with van der Waals surface area (Å²) in [5, 5.41) is 0. The van der Waals surface area contributed by atoms with Crippen LogP contribution in [0.15, 0.2) is 66.7 Å². The molecule has 3 aromatic carbocycles.